The molecule has 2 heterocycles. The van der Waals surface area contributed by atoms with Crippen molar-refractivity contribution in [3.05, 3.63) is 40.2 Å². The van der Waals surface area contributed by atoms with Crippen molar-refractivity contribution >= 4 is 16.9 Å². The Kier molecular flexibility index (Phi) is 5.71. The maximum Gasteiger partial charge on any atom is 0.349 e. The van der Waals surface area contributed by atoms with Gasteiger partial charge in [-0.25, -0.2) is 4.79 Å². The lowest BCUT2D eigenvalue weighted by Gasteiger charge is -2.22. The summed E-state index contributed by atoms with van der Waals surface area (Å²) in [6, 6.07) is 6.81. The summed E-state index contributed by atoms with van der Waals surface area (Å²) in [5, 5.41) is 3.45. The first-order chi connectivity index (χ1) is 12.2. The SMILES string of the molecule is CCCOc1ccc2cc(C(=O)NCC3CCCCO3)c(=O)oc2c1. The second-order valence-corrected chi connectivity index (χ2v) is 6.19. The minimum atomic E-state index is -0.651. The third-order valence-corrected chi connectivity index (χ3v) is 4.19. The largest absolute Gasteiger partial charge is 0.493 e. The fourth-order valence-electron chi connectivity index (χ4n) is 2.83. The van der Waals surface area contributed by atoms with Gasteiger partial charge in [-0.05, 0) is 43.9 Å². The summed E-state index contributed by atoms with van der Waals surface area (Å²) in [6.45, 7) is 3.74. The highest BCUT2D eigenvalue weighted by Gasteiger charge is 2.18. The molecule has 6 heteroatoms. The van der Waals surface area contributed by atoms with Gasteiger partial charge in [-0.1, -0.05) is 6.92 Å². The van der Waals surface area contributed by atoms with E-state index in [1.807, 2.05) is 6.92 Å². The number of amides is 1. The number of ether oxygens (including phenoxy) is 2. The first-order valence-electron chi connectivity index (χ1n) is 8.78. The van der Waals surface area contributed by atoms with Gasteiger partial charge < -0.3 is 19.2 Å². The lowest BCUT2D eigenvalue weighted by atomic mass is 10.1. The van der Waals surface area contributed by atoms with Gasteiger partial charge in [-0.15, -0.1) is 0 Å². The molecule has 1 saturated heterocycles. The van der Waals surface area contributed by atoms with Crippen LogP contribution in [-0.2, 0) is 4.74 Å². The summed E-state index contributed by atoms with van der Waals surface area (Å²) in [4.78, 5) is 24.5. The first kappa shape index (κ1) is 17.5. The molecule has 1 aliphatic rings. The summed E-state index contributed by atoms with van der Waals surface area (Å²) in [6.07, 6.45) is 3.99. The van der Waals surface area contributed by atoms with Crippen LogP contribution in [-0.4, -0.2) is 31.8 Å². The molecule has 1 aromatic carbocycles. The van der Waals surface area contributed by atoms with Crippen LogP contribution in [0.5, 0.6) is 5.75 Å². The molecule has 0 aliphatic carbocycles. The molecule has 0 saturated carbocycles. The van der Waals surface area contributed by atoms with Gasteiger partial charge >= 0.3 is 5.63 Å². The van der Waals surface area contributed by atoms with Crippen molar-refractivity contribution in [3.63, 3.8) is 0 Å². The highest BCUT2D eigenvalue weighted by Crippen LogP contribution is 2.21. The molecule has 0 radical (unpaired) electrons. The van der Waals surface area contributed by atoms with Crippen molar-refractivity contribution in [1.29, 1.82) is 0 Å². The van der Waals surface area contributed by atoms with Crippen LogP contribution in [0.3, 0.4) is 0 Å². The molecule has 0 bridgehead atoms. The van der Waals surface area contributed by atoms with Gasteiger partial charge in [0.15, 0.2) is 0 Å². The quantitative estimate of drug-likeness (QED) is 0.815. The van der Waals surface area contributed by atoms with Crippen LogP contribution in [0.15, 0.2) is 33.5 Å². The van der Waals surface area contributed by atoms with E-state index in [9.17, 15) is 9.59 Å². The molecule has 6 nitrogen and oxygen atoms in total. The van der Waals surface area contributed by atoms with Crippen molar-refractivity contribution < 1.29 is 18.7 Å². The van der Waals surface area contributed by atoms with E-state index in [4.69, 9.17) is 13.9 Å². The summed E-state index contributed by atoms with van der Waals surface area (Å²) in [5.41, 5.74) is -0.237. The number of nitrogens with one attached hydrogen (secondary N) is 1. The molecule has 1 amide bonds. The Bertz CT molecular complexity index is 792. The topological polar surface area (TPSA) is 77.8 Å². The predicted molar refractivity (Wildman–Crippen MR) is 94.2 cm³/mol. The van der Waals surface area contributed by atoms with Crippen LogP contribution in [0.2, 0.25) is 0 Å². The average Bonchev–Trinajstić information content (AvgIpc) is 2.64. The number of fused-ring (bicyclic) bond motifs is 1. The van der Waals surface area contributed by atoms with Crippen LogP contribution in [0.25, 0.3) is 11.0 Å². The second kappa shape index (κ2) is 8.16. The van der Waals surface area contributed by atoms with Gasteiger partial charge in [-0.3, -0.25) is 4.79 Å². The number of hydrogen-bond acceptors (Lipinski definition) is 5. The average molecular weight is 345 g/mol. The van der Waals surface area contributed by atoms with E-state index in [0.717, 1.165) is 32.3 Å². The van der Waals surface area contributed by atoms with E-state index in [2.05, 4.69) is 5.32 Å². The van der Waals surface area contributed by atoms with E-state index in [0.29, 0.717) is 29.9 Å². The van der Waals surface area contributed by atoms with E-state index < -0.39 is 11.5 Å². The fraction of sp³-hybridized carbons (Fsp3) is 0.474. The first-order valence-corrected chi connectivity index (χ1v) is 8.78. The fourth-order valence-corrected chi connectivity index (χ4v) is 2.83. The lowest BCUT2D eigenvalue weighted by molar-refractivity contribution is 0.0168. The van der Waals surface area contributed by atoms with E-state index in [1.165, 1.54) is 0 Å². The molecule has 3 rings (SSSR count). The van der Waals surface area contributed by atoms with Crippen LogP contribution in [0, 0.1) is 0 Å². The zero-order valence-electron chi connectivity index (χ0n) is 14.4. The molecule has 25 heavy (non-hydrogen) atoms. The van der Waals surface area contributed by atoms with Crippen LogP contribution < -0.4 is 15.7 Å². The minimum Gasteiger partial charge on any atom is -0.493 e. The minimum absolute atomic E-state index is 0.00513. The molecule has 1 atom stereocenters. The predicted octanol–water partition coefficient (Wildman–Crippen LogP) is 2.88. The van der Waals surface area contributed by atoms with E-state index >= 15 is 0 Å². The second-order valence-electron chi connectivity index (χ2n) is 6.19. The van der Waals surface area contributed by atoms with Gasteiger partial charge in [0.05, 0.1) is 12.7 Å². The van der Waals surface area contributed by atoms with Gasteiger partial charge in [0.2, 0.25) is 0 Å². The van der Waals surface area contributed by atoms with Gasteiger partial charge in [0.25, 0.3) is 5.91 Å². The zero-order valence-corrected chi connectivity index (χ0v) is 14.4. The Labute approximate surface area is 146 Å². The number of hydrogen-bond donors (Lipinski definition) is 1. The zero-order chi connectivity index (χ0) is 17.6. The van der Waals surface area contributed by atoms with Gasteiger partial charge in [0, 0.05) is 24.6 Å². The Balaban J connectivity index is 1.73. The molecule has 1 fully saturated rings. The summed E-state index contributed by atoms with van der Waals surface area (Å²) in [5.74, 6) is 0.209. The van der Waals surface area contributed by atoms with Crippen molar-refractivity contribution in [2.45, 2.75) is 38.7 Å². The molecule has 0 spiro atoms. The molecule has 1 unspecified atom stereocenters. The number of carbonyl (C=O) groups excluding carboxylic acids is 1. The summed E-state index contributed by atoms with van der Waals surface area (Å²) < 4.78 is 16.4. The third-order valence-electron chi connectivity index (χ3n) is 4.19. The van der Waals surface area contributed by atoms with Crippen molar-refractivity contribution in [2.75, 3.05) is 19.8 Å². The Morgan fingerprint density at radius 3 is 2.96 bits per heavy atom. The van der Waals surface area contributed by atoms with Crippen molar-refractivity contribution in [1.82, 2.24) is 5.32 Å². The third kappa shape index (κ3) is 4.39. The molecular formula is C19H23NO5. The van der Waals surface area contributed by atoms with Crippen molar-refractivity contribution in [2.24, 2.45) is 0 Å². The normalized spacial score (nSPS) is 17.4. The Morgan fingerprint density at radius 2 is 2.20 bits per heavy atom. The number of rotatable bonds is 6. The molecule has 1 aromatic heterocycles. The highest BCUT2D eigenvalue weighted by atomic mass is 16.5. The van der Waals surface area contributed by atoms with Gasteiger partial charge in [0.1, 0.15) is 16.9 Å². The van der Waals surface area contributed by atoms with Gasteiger partial charge in [-0.2, -0.15) is 0 Å². The number of benzene rings is 1. The van der Waals surface area contributed by atoms with Crippen molar-refractivity contribution in [3.8, 4) is 5.75 Å². The molecule has 1 aliphatic heterocycles. The van der Waals surface area contributed by atoms with E-state index in [1.54, 1.807) is 24.3 Å². The number of carbonyl (C=O) groups is 1. The standard InChI is InChI=1S/C19H23NO5/c1-2-8-23-14-7-6-13-10-16(19(22)25-17(13)11-14)18(21)20-12-15-5-3-4-9-24-15/h6-7,10-11,15H,2-5,8-9,12H2,1H3,(H,20,21). The monoisotopic (exact) mass is 345 g/mol. The molecule has 2 aromatic rings. The maximum absolute atomic E-state index is 12.3. The van der Waals surface area contributed by atoms with Crippen LogP contribution in [0.4, 0.5) is 0 Å². The van der Waals surface area contributed by atoms with Crippen LogP contribution >= 0.6 is 0 Å². The highest BCUT2D eigenvalue weighted by molar-refractivity contribution is 5.96. The lowest BCUT2D eigenvalue weighted by Crippen LogP contribution is -2.37. The molecule has 1 N–H and O–H groups in total. The molecular weight excluding hydrogens is 322 g/mol. The van der Waals surface area contributed by atoms with E-state index in [-0.39, 0.29) is 11.7 Å². The van der Waals surface area contributed by atoms with Crippen LogP contribution in [0.1, 0.15) is 43.0 Å². The Hall–Kier alpha value is -2.34. The Morgan fingerprint density at radius 1 is 1.32 bits per heavy atom. The molecule has 134 valence electrons. The maximum atomic E-state index is 12.3. The summed E-state index contributed by atoms with van der Waals surface area (Å²) in [7, 11) is 0. The smallest absolute Gasteiger partial charge is 0.349 e. The summed E-state index contributed by atoms with van der Waals surface area (Å²) >= 11 is 0.